The Labute approximate surface area is 116 Å². The van der Waals surface area contributed by atoms with Crippen molar-refractivity contribution in [3.63, 3.8) is 0 Å². The normalized spacial score (nSPS) is 10.0. The molecule has 0 bridgehead atoms. The number of aliphatic hydroxyl groups is 1. The van der Waals surface area contributed by atoms with Crippen molar-refractivity contribution in [1.29, 1.82) is 0 Å². The van der Waals surface area contributed by atoms with Gasteiger partial charge in [-0.3, -0.25) is 0 Å². The second-order valence-electron chi connectivity index (χ2n) is 5.26. The van der Waals surface area contributed by atoms with E-state index in [2.05, 4.69) is 20.8 Å². The number of rotatable bonds is 12. The molecule has 18 heavy (non-hydrogen) atoms. The minimum atomic E-state index is 0.369. The van der Waals surface area contributed by atoms with Crippen LogP contribution >= 0.6 is 0 Å². The van der Waals surface area contributed by atoms with Crippen LogP contribution in [-0.4, -0.2) is 11.7 Å². The highest BCUT2D eigenvalue weighted by Crippen LogP contribution is 2.06. The molecular formula is C17H38O. The Morgan fingerprint density at radius 2 is 0.722 bits per heavy atom. The number of hydrogen-bond acceptors (Lipinski definition) is 1. The quantitative estimate of drug-likeness (QED) is 0.420. The van der Waals surface area contributed by atoms with Crippen LogP contribution in [0, 0.1) is 0 Å². The van der Waals surface area contributed by atoms with Gasteiger partial charge < -0.3 is 5.11 Å². The van der Waals surface area contributed by atoms with E-state index in [0.717, 1.165) is 6.42 Å². The predicted molar refractivity (Wildman–Crippen MR) is 84.1 cm³/mol. The van der Waals surface area contributed by atoms with Crippen LogP contribution in [0.2, 0.25) is 0 Å². The molecule has 0 aromatic heterocycles. The lowest BCUT2D eigenvalue weighted by atomic mass is 10.1. The van der Waals surface area contributed by atoms with Crippen LogP contribution in [0.1, 0.15) is 104 Å². The Hall–Kier alpha value is -0.0400. The van der Waals surface area contributed by atoms with E-state index in [9.17, 15) is 0 Å². The zero-order chi connectivity index (χ0) is 13.9. The first-order valence-electron chi connectivity index (χ1n) is 8.44. The summed E-state index contributed by atoms with van der Waals surface area (Å²) < 4.78 is 0. The molecule has 1 N–H and O–H groups in total. The lowest BCUT2D eigenvalue weighted by Gasteiger charge is -1.97. The van der Waals surface area contributed by atoms with Gasteiger partial charge in [-0.2, -0.15) is 0 Å². The molecule has 0 spiro atoms. The molecule has 0 aliphatic rings. The highest BCUT2D eigenvalue weighted by molar-refractivity contribution is 4.43. The van der Waals surface area contributed by atoms with Gasteiger partial charge in [-0.1, -0.05) is 97.8 Å². The van der Waals surface area contributed by atoms with E-state index in [1.165, 1.54) is 77.0 Å². The minimum Gasteiger partial charge on any atom is -0.396 e. The van der Waals surface area contributed by atoms with Gasteiger partial charge in [-0.15, -0.1) is 0 Å². The van der Waals surface area contributed by atoms with Gasteiger partial charge in [0, 0.05) is 6.61 Å². The molecule has 0 radical (unpaired) electrons. The summed E-state index contributed by atoms with van der Waals surface area (Å²) in [6.45, 7) is 7.11. The van der Waals surface area contributed by atoms with E-state index in [1.807, 2.05) is 0 Å². The molecule has 0 fully saturated rings. The average molecular weight is 258 g/mol. The van der Waals surface area contributed by atoms with E-state index in [1.54, 1.807) is 0 Å². The maximum atomic E-state index is 8.47. The summed E-state index contributed by atoms with van der Waals surface area (Å²) in [7, 11) is 0. The molecule has 1 heteroatoms. The maximum absolute atomic E-state index is 8.47. The Balaban J connectivity index is 0. The minimum absolute atomic E-state index is 0.369. The number of aliphatic hydroxyl groups excluding tert-OH is 1. The SMILES string of the molecule is CCCCCCCC.CCCCCCCCCO. The standard InChI is InChI=1S/C9H20O.C8H18/c1-2-3-4-5-6-7-8-9-10;1-3-5-7-8-6-4-2/h10H,2-9H2,1H3;3-8H2,1-2H3. The van der Waals surface area contributed by atoms with E-state index >= 15 is 0 Å². The van der Waals surface area contributed by atoms with Crippen LogP contribution in [0.3, 0.4) is 0 Å². The van der Waals surface area contributed by atoms with Crippen molar-refractivity contribution in [3.8, 4) is 0 Å². The second kappa shape index (κ2) is 22.2. The summed E-state index contributed by atoms with van der Waals surface area (Å²) >= 11 is 0. The zero-order valence-electron chi connectivity index (χ0n) is 13.3. The van der Waals surface area contributed by atoms with E-state index in [-0.39, 0.29) is 0 Å². The molecule has 0 heterocycles. The molecule has 0 aliphatic carbocycles. The fourth-order valence-corrected chi connectivity index (χ4v) is 1.92. The van der Waals surface area contributed by atoms with Gasteiger partial charge >= 0.3 is 0 Å². The first-order valence-corrected chi connectivity index (χ1v) is 8.44. The lowest BCUT2D eigenvalue weighted by molar-refractivity contribution is 0.282. The Bertz CT molecular complexity index is 98.2. The van der Waals surface area contributed by atoms with Gasteiger partial charge in [0.2, 0.25) is 0 Å². The average Bonchev–Trinajstić information content (AvgIpc) is 2.40. The molecule has 0 aliphatic heterocycles. The fraction of sp³-hybridized carbons (Fsp3) is 1.00. The Morgan fingerprint density at radius 3 is 1.00 bits per heavy atom. The summed E-state index contributed by atoms with van der Waals surface area (Å²) in [4.78, 5) is 0. The molecule has 1 nitrogen and oxygen atoms in total. The van der Waals surface area contributed by atoms with E-state index in [0.29, 0.717) is 6.61 Å². The molecule has 0 aromatic rings. The van der Waals surface area contributed by atoms with Gasteiger partial charge in [-0.05, 0) is 6.42 Å². The third-order valence-corrected chi connectivity index (χ3v) is 3.22. The Kier molecular flexibility index (Phi) is 25.0. The third-order valence-electron chi connectivity index (χ3n) is 3.22. The number of unbranched alkanes of at least 4 members (excludes halogenated alkanes) is 11. The molecule has 0 amide bonds. The molecule has 0 atom stereocenters. The van der Waals surface area contributed by atoms with E-state index in [4.69, 9.17) is 5.11 Å². The third kappa shape index (κ3) is 25.0. The van der Waals surface area contributed by atoms with Crippen LogP contribution in [0.5, 0.6) is 0 Å². The monoisotopic (exact) mass is 258 g/mol. The highest BCUT2D eigenvalue weighted by atomic mass is 16.2. The van der Waals surface area contributed by atoms with Gasteiger partial charge in [0.15, 0.2) is 0 Å². The molecule has 0 rings (SSSR count). The van der Waals surface area contributed by atoms with Gasteiger partial charge in [0.1, 0.15) is 0 Å². The van der Waals surface area contributed by atoms with Crippen molar-refractivity contribution >= 4 is 0 Å². The Morgan fingerprint density at radius 1 is 0.444 bits per heavy atom. The van der Waals surface area contributed by atoms with Crippen LogP contribution < -0.4 is 0 Å². The topological polar surface area (TPSA) is 20.2 Å². The second-order valence-corrected chi connectivity index (χ2v) is 5.26. The highest BCUT2D eigenvalue weighted by Gasteiger charge is 1.88. The molecule has 112 valence electrons. The van der Waals surface area contributed by atoms with Crippen LogP contribution in [-0.2, 0) is 0 Å². The molecule has 0 saturated carbocycles. The van der Waals surface area contributed by atoms with Crippen molar-refractivity contribution in [2.24, 2.45) is 0 Å². The van der Waals surface area contributed by atoms with Crippen LogP contribution in [0.15, 0.2) is 0 Å². The predicted octanol–water partition coefficient (Wildman–Crippen LogP) is 6.10. The van der Waals surface area contributed by atoms with Crippen molar-refractivity contribution < 1.29 is 5.11 Å². The van der Waals surface area contributed by atoms with Gasteiger partial charge in [0.05, 0.1) is 0 Å². The first-order chi connectivity index (χ1) is 8.83. The first kappa shape index (κ1) is 20.3. The van der Waals surface area contributed by atoms with Crippen molar-refractivity contribution in [3.05, 3.63) is 0 Å². The summed E-state index contributed by atoms with van der Waals surface area (Å²) in [5.41, 5.74) is 0. The summed E-state index contributed by atoms with van der Waals surface area (Å²) in [6.07, 6.45) is 17.4. The van der Waals surface area contributed by atoms with Gasteiger partial charge in [0.25, 0.3) is 0 Å². The molecule has 0 saturated heterocycles. The smallest absolute Gasteiger partial charge is 0.0431 e. The summed E-state index contributed by atoms with van der Waals surface area (Å²) in [5.74, 6) is 0. The van der Waals surface area contributed by atoms with E-state index < -0.39 is 0 Å². The van der Waals surface area contributed by atoms with Crippen molar-refractivity contribution in [2.75, 3.05) is 6.61 Å². The maximum Gasteiger partial charge on any atom is 0.0431 e. The lowest BCUT2D eigenvalue weighted by Crippen LogP contribution is -1.83. The number of hydrogen-bond donors (Lipinski definition) is 1. The van der Waals surface area contributed by atoms with Crippen LogP contribution in [0.4, 0.5) is 0 Å². The van der Waals surface area contributed by atoms with Gasteiger partial charge in [-0.25, -0.2) is 0 Å². The largest absolute Gasteiger partial charge is 0.396 e. The summed E-state index contributed by atoms with van der Waals surface area (Å²) in [6, 6.07) is 0. The zero-order valence-corrected chi connectivity index (χ0v) is 13.3. The van der Waals surface area contributed by atoms with Crippen LogP contribution in [0.25, 0.3) is 0 Å². The fourth-order valence-electron chi connectivity index (χ4n) is 1.92. The molecular weight excluding hydrogens is 220 g/mol. The summed E-state index contributed by atoms with van der Waals surface area (Å²) in [5, 5.41) is 8.47. The molecule has 0 unspecified atom stereocenters. The van der Waals surface area contributed by atoms with Crippen molar-refractivity contribution in [1.82, 2.24) is 0 Å². The molecule has 0 aromatic carbocycles. The van der Waals surface area contributed by atoms with Crippen molar-refractivity contribution in [2.45, 2.75) is 104 Å².